The van der Waals surface area contributed by atoms with Crippen molar-refractivity contribution in [2.75, 3.05) is 50.0 Å². The third-order valence-electron chi connectivity index (χ3n) is 8.44. The molecule has 1 unspecified atom stereocenters. The Morgan fingerprint density at radius 3 is 2.62 bits per heavy atom. The Morgan fingerprint density at radius 1 is 1.21 bits per heavy atom. The lowest BCUT2D eigenvalue weighted by molar-refractivity contribution is 0.312. The number of hydrogen-bond acceptors (Lipinski definition) is 7. The molecule has 214 valence electrons. The highest BCUT2D eigenvalue weighted by Crippen LogP contribution is 2.32. The fourth-order valence-electron chi connectivity index (χ4n) is 5.42. The van der Waals surface area contributed by atoms with Crippen LogP contribution in [0.2, 0.25) is 0 Å². The van der Waals surface area contributed by atoms with Crippen LogP contribution in [0.4, 0.5) is 11.5 Å². The number of anilines is 2. The highest BCUT2D eigenvalue weighted by Gasteiger charge is 2.26. The third-order valence-corrected chi connectivity index (χ3v) is 10.3. The van der Waals surface area contributed by atoms with E-state index in [1.54, 1.807) is 24.6 Å². The minimum atomic E-state index is -3.52. The Morgan fingerprint density at radius 2 is 1.92 bits per heavy atom. The van der Waals surface area contributed by atoms with E-state index in [1.165, 1.54) is 5.57 Å². The quantitative estimate of drug-likeness (QED) is 0.446. The van der Waals surface area contributed by atoms with Gasteiger partial charge in [0, 0.05) is 43.8 Å². The van der Waals surface area contributed by atoms with Gasteiger partial charge in [-0.2, -0.15) is 0 Å². The zero-order valence-electron chi connectivity index (χ0n) is 24.7. The van der Waals surface area contributed by atoms with Gasteiger partial charge < -0.3 is 15.5 Å². The monoisotopic (exact) mass is 554 g/mol. The topological polar surface area (TPSA) is 90.5 Å². The minimum Gasteiger partial charge on any atom is -0.382 e. The molecule has 0 amide bonds. The average Bonchev–Trinajstić information content (AvgIpc) is 2.90. The molecule has 2 aliphatic rings. The maximum absolute atomic E-state index is 13.4. The Hall–Kier alpha value is -2.49. The summed E-state index contributed by atoms with van der Waals surface area (Å²) in [6.45, 7) is 16.5. The number of nitrogens with zero attached hydrogens (tertiary/aromatic N) is 4. The summed E-state index contributed by atoms with van der Waals surface area (Å²) < 4.78 is 28.3. The number of aromatic nitrogens is 2. The van der Waals surface area contributed by atoms with Crippen molar-refractivity contribution >= 4 is 32.4 Å². The molecule has 0 radical (unpaired) electrons. The van der Waals surface area contributed by atoms with Gasteiger partial charge in [-0.25, -0.2) is 22.7 Å². The lowest BCUT2D eigenvalue weighted by Gasteiger charge is -2.31. The Kier molecular flexibility index (Phi) is 9.34. The first-order chi connectivity index (χ1) is 18.5. The van der Waals surface area contributed by atoms with Crippen molar-refractivity contribution < 1.29 is 8.42 Å². The standard InChI is InChI=1S/C30H46N6O2S/c1-20(2)24(6)34-27-14-22(4)29-28(16-27)30(33-19-32-29)36-13-10-21(3)26(18-36)15-23(5)39(37,38)35(7)17-25-8-11-31-12-9-25/h14-16,19-20,24-25,31,34H,8-13,17-18H2,1-7H3. The largest absolute Gasteiger partial charge is 0.382 e. The lowest BCUT2D eigenvalue weighted by Crippen LogP contribution is -2.37. The van der Waals surface area contributed by atoms with Gasteiger partial charge in [0.2, 0.25) is 10.0 Å². The zero-order chi connectivity index (χ0) is 28.3. The molecule has 8 nitrogen and oxygen atoms in total. The van der Waals surface area contributed by atoms with Gasteiger partial charge in [0.05, 0.1) is 10.4 Å². The summed E-state index contributed by atoms with van der Waals surface area (Å²) in [6, 6.07) is 4.65. The summed E-state index contributed by atoms with van der Waals surface area (Å²) in [4.78, 5) is 12.0. The van der Waals surface area contributed by atoms with Crippen LogP contribution in [0.5, 0.6) is 0 Å². The normalized spacial score (nSPS) is 18.9. The van der Waals surface area contributed by atoms with Crippen molar-refractivity contribution in [3.63, 3.8) is 0 Å². The number of sulfonamides is 1. The summed E-state index contributed by atoms with van der Waals surface area (Å²) in [5, 5.41) is 8.01. The molecule has 1 aromatic heterocycles. The van der Waals surface area contributed by atoms with Crippen LogP contribution < -0.4 is 15.5 Å². The number of nitrogens with one attached hydrogen (secondary N) is 2. The second-order valence-electron chi connectivity index (χ2n) is 11.8. The van der Waals surface area contributed by atoms with Crippen LogP contribution in [0, 0.1) is 18.8 Å². The smallest absolute Gasteiger partial charge is 0.238 e. The second kappa shape index (κ2) is 12.4. The van der Waals surface area contributed by atoms with Gasteiger partial charge in [0.15, 0.2) is 0 Å². The summed E-state index contributed by atoms with van der Waals surface area (Å²) >= 11 is 0. The van der Waals surface area contributed by atoms with Crippen LogP contribution in [-0.2, 0) is 10.0 Å². The first-order valence-electron chi connectivity index (χ1n) is 14.3. The van der Waals surface area contributed by atoms with E-state index in [9.17, 15) is 8.42 Å². The molecule has 1 atom stereocenters. The predicted molar refractivity (Wildman–Crippen MR) is 163 cm³/mol. The van der Waals surface area contributed by atoms with Crippen molar-refractivity contribution in [2.45, 2.75) is 66.8 Å². The molecule has 2 aromatic rings. The molecule has 3 heterocycles. The maximum Gasteiger partial charge on any atom is 0.238 e. The molecule has 4 rings (SSSR count). The van der Waals surface area contributed by atoms with E-state index in [2.05, 4.69) is 67.3 Å². The minimum absolute atomic E-state index is 0.338. The van der Waals surface area contributed by atoms with Gasteiger partial charge in [-0.3, -0.25) is 0 Å². The van der Waals surface area contributed by atoms with Gasteiger partial charge >= 0.3 is 0 Å². The molecular weight excluding hydrogens is 508 g/mol. The van der Waals surface area contributed by atoms with E-state index < -0.39 is 10.0 Å². The average molecular weight is 555 g/mol. The fourth-order valence-corrected chi connectivity index (χ4v) is 6.61. The predicted octanol–water partition coefficient (Wildman–Crippen LogP) is 5.09. The number of benzene rings is 1. The first-order valence-corrected chi connectivity index (χ1v) is 15.7. The number of allylic oxidation sites excluding steroid dienone is 1. The van der Waals surface area contributed by atoms with Crippen LogP contribution in [0.1, 0.15) is 59.4 Å². The van der Waals surface area contributed by atoms with Crippen LogP contribution in [-0.4, -0.2) is 68.5 Å². The zero-order valence-corrected chi connectivity index (χ0v) is 25.5. The molecule has 0 bridgehead atoms. The number of rotatable bonds is 9. The van der Waals surface area contributed by atoms with Crippen molar-refractivity contribution in [3.05, 3.63) is 46.2 Å². The van der Waals surface area contributed by atoms with E-state index in [0.29, 0.717) is 35.9 Å². The van der Waals surface area contributed by atoms with Gasteiger partial charge in [-0.05, 0) is 101 Å². The maximum atomic E-state index is 13.4. The number of aryl methyl sites for hydroxylation is 1. The molecule has 2 N–H and O–H groups in total. The Balaban J connectivity index is 1.59. The van der Waals surface area contributed by atoms with E-state index in [-0.39, 0.29) is 0 Å². The van der Waals surface area contributed by atoms with Crippen molar-refractivity contribution in [2.24, 2.45) is 11.8 Å². The van der Waals surface area contributed by atoms with Gasteiger partial charge in [0.1, 0.15) is 12.1 Å². The van der Waals surface area contributed by atoms with Gasteiger partial charge in [-0.15, -0.1) is 0 Å². The highest BCUT2D eigenvalue weighted by atomic mass is 32.2. The summed E-state index contributed by atoms with van der Waals surface area (Å²) in [6.07, 6.45) is 6.41. The lowest BCUT2D eigenvalue weighted by atomic mass is 9.98. The number of hydrogen-bond donors (Lipinski definition) is 2. The van der Waals surface area contributed by atoms with E-state index in [4.69, 9.17) is 4.98 Å². The van der Waals surface area contributed by atoms with Gasteiger partial charge in [-0.1, -0.05) is 19.4 Å². The molecule has 0 saturated carbocycles. The SMILES string of the molecule is CC(=CC1=C(C)CCN(c2ncnc3c(C)cc(NC(C)C(C)C)cc23)C1)S(=O)(=O)N(C)CC1CCNCC1. The Bertz CT molecular complexity index is 1340. The molecule has 1 saturated heterocycles. The van der Waals surface area contributed by atoms with Crippen molar-refractivity contribution in [3.8, 4) is 0 Å². The number of fused-ring (bicyclic) bond motifs is 1. The van der Waals surface area contributed by atoms with Crippen LogP contribution in [0.3, 0.4) is 0 Å². The number of piperidine rings is 1. The van der Waals surface area contributed by atoms with Crippen LogP contribution in [0.25, 0.3) is 10.9 Å². The first kappa shape index (κ1) is 29.5. The molecule has 2 aliphatic heterocycles. The molecule has 0 aliphatic carbocycles. The molecular formula is C30H46N6O2S. The van der Waals surface area contributed by atoms with E-state index in [1.807, 2.05) is 6.08 Å². The summed E-state index contributed by atoms with van der Waals surface area (Å²) in [5.74, 6) is 1.81. The van der Waals surface area contributed by atoms with Crippen molar-refractivity contribution in [1.29, 1.82) is 0 Å². The molecule has 1 aromatic carbocycles. The molecule has 0 spiro atoms. The molecule has 1 fully saturated rings. The van der Waals surface area contributed by atoms with Gasteiger partial charge in [0.25, 0.3) is 0 Å². The van der Waals surface area contributed by atoms with E-state index >= 15 is 0 Å². The van der Waals surface area contributed by atoms with Crippen LogP contribution >= 0.6 is 0 Å². The summed E-state index contributed by atoms with van der Waals surface area (Å²) in [7, 11) is -1.81. The second-order valence-corrected chi connectivity index (χ2v) is 14.0. The third kappa shape index (κ3) is 6.81. The van der Waals surface area contributed by atoms with E-state index in [0.717, 1.165) is 72.4 Å². The molecule has 9 heteroatoms. The summed E-state index contributed by atoms with van der Waals surface area (Å²) in [5.41, 5.74) is 5.40. The fraction of sp³-hybridized carbons (Fsp3) is 0.600. The highest BCUT2D eigenvalue weighted by molar-refractivity contribution is 7.92. The molecule has 39 heavy (non-hydrogen) atoms. The Labute approximate surface area is 235 Å². The van der Waals surface area contributed by atoms with Crippen molar-refractivity contribution in [1.82, 2.24) is 19.6 Å². The van der Waals surface area contributed by atoms with Crippen LogP contribution in [0.15, 0.2) is 40.6 Å².